The normalized spacial score (nSPS) is 14.2. The summed E-state index contributed by atoms with van der Waals surface area (Å²) in [5, 5.41) is 0.754. The SMILES string of the molecule is COc1cc(OC)c2[nH]c(C(=O)OC(C)C(=O)N3CCc4ccccc4C3)cc2c1. The Bertz CT molecular complexity index is 1100. The lowest BCUT2D eigenvalue weighted by Gasteiger charge is -2.30. The third-order valence-electron chi connectivity index (χ3n) is 5.42. The van der Waals surface area contributed by atoms with E-state index in [4.69, 9.17) is 14.2 Å². The lowest BCUT2D eigenvalue weighted by molar-refractivity contribution is -0.140. The van der Waals surface area contributed by atoms with Crippen molar-refractivity contribution in [3.8, 4) is 11.5 Å². The van der Waals surface area contributed by atoms with Crippen LogP contribution in [0.4, 0.5) is 0 Å². The van der Waals surface area contributed by atoms with Gasteiger partial charge in [-0.05, 0) is 36.6 Å². The third-order valence-corrected chi connectivity index (χ3v) is 5.42. The summed E-state index contributed by atoms with van der Waals surface area (Å²) in [5.41, 5.74) is 3.30. The Hall–Kier alpha value is -3.48. The minimum Gasteiger partial charge on any atom is -0.497 e. The van der Waals surface area contributed by atoms with Crippen molar-refractivity contribution in [2.45, 2.75) is 26.0 Å². The predicted molar refractivity (Wildman–Crippen MR) is 112 cm³/mol. The number of rotatable bonds is 5. The molecule has 0 fully saturated rings. The van der Waals surface area contributed by atoms with Crippen LogP contribution in [-0.4, -0.2) is 48.6 Å². The van der Waals surface area contributed by atoms with Crippen LogP contribution in [0.3, 0.4) is 0 Å². The van der Waals surface area contributed by atoms with Gasteiger partial charge in [0.2, 0.25) is 0 Å². The number of aromatic nitrogens is 1. The molecule has 156 valence electrons. The van der Waals surface area contributed by atoms with E-state index >= 15 is 0 Å². The lowest BCUT2D eigenvalue weighted by Crippen LogP contribution is -2.42. The fraction of sp³-hybridized carbons (Fsp3) is 0.304. The molecule has 1 atom stereocenters. The Morgan fingerprint density at radius 1 is 1.07 bits per heavy atom. The zero-order valence-electron chi connectivity index (χ0n) is 17.2. The van der Waals surface area contributed by atoms with Crippen molar-refractivity contribution in [3.05, 3.63) is 59.3 Å². The highest BCUT2D eigenvalue weighted by molar-refractivity contribution is 5.98. The smallest absolute Gasteiger partial charge is 0.355 e. The van der Waals surface area contributed by atoms with E-state index in [0.29, 0.717) is 30.1 Å². The van der Waals surface area contributed by atoms with E-state index < -0.39 is 12.1 Å². The molecule has 0 bridgehead atoms. The van der Waals surface area contributed by atoms with Gasteiger partial charge in [0.05, 0.1) is 19.7 Å². The highest BCUT2D eigenvalue weighted by Crippen LogP contribution is 2.31. The number of aromatic amines is 1. The first-order chi connectivity index (χ1) is 14.5. The number of H-pyrrole nitrogens is 1. The minimum atomic E-state index is -0.884. The number of carbonyl (C=O) groups excluding carboxylic acids is 2. The van der Waals surface area contributed by atoms with Crippen LogP contribution < -0.4 is 9.47 Å². The first-order valence-corrected chi connectivity index (χ1v) is 9.81. The molecule has 1 aliphatic rings. The van der Waals surface area contributed by atoms with Crippen molar-refractivity contribution in [2.75, 3.05) is 20.8 Å². The molecule has 1 amide bonds. The van der Waals surface area contributed by atoms with E-state index in [9.17, 15) is 9.59 Å². The quantitative estimate of drug-likeness (QED) is 0.655. The molecule has 2 aromatic carbocycles. The van der Waals surface area contributed by atoms with Crippen molar-refractivity contribution in [3.63, 3.8) is 0 Å². The molecule has 1 aromatic heterocycles. The number of nitrogens with zero attached hydrogens (tertiary/aromatic N) is 1. The van der Waals surface area contributed by atoms with Crippen LogP contribution in [0, 0.1) is 0 Å². The molecule has 1 unspecified atom stereocenters. The largest absolute Gasteiger partial charge is 0.497 e. The number of carbonyl (C=O) groups is 2. The highest BCUT2D eigenvalue weighted by atomic mass is 16.5. The van der Waals surface area contributed by atoms with Crippen molar-refractivity contribution >= 4 is 22.8 Å². The maximum absolute atomic E-state index is 12.8. The summed E-state index contributed by atoms with van der Waals surface area (Å²) < 4.78 is 16.1. The molecule has 1 N–H and O–H groups in total. The lowest BCUT2D eigenvalue weighted by atomic mass is 9.99. The summed E-state index contributed by atoms with van der Waals surface area (Å²) in [6.07, 6.45) is -0.0859. The molecule has 0 spiro atoms. The molecule has 7 nitrogen and oxygen atoms in total. The van der Waals surface area contributed by atoms with Gasteiger partial charge in [0.25, 0.3) is 5.91 Å². The summed E-state index contributed by atoms with van der Waals surface area (Å²) in [7, 11) is 3.11. The zero-order chi connectivity index (χ0) is 21.3. The Kier molecular flexibility index (Phi) is 5.35. The Morgan fingerprint density at radius 2 is 1.83 bits per heavy atom. The van der Waals surface area contributed by atoms with Crippen molar-refractivity contribution in [2.24, 2.45) is 0 Å². The van der Waals surface area contributed by atoms with E-state index in [-0.39, 0.29) is 11.6 Å². The molecule has 4 rings (SSSR count). The first-order valence-electron chi connectivity index (χ1n) is 9.81. The number of methoxy groups -OCH3 is 2. The number of fused-ring (bicyclic) bond motifs is 2. The fourth-order valence-electron chi connectivity index (χ4n) is 3.79. The van der Waals surface area contributed by atoms with Gasteiger partial charge in [0.15, 0.2) is 6.10 Å². The van der Waals surface area contributed by atoms with Crippen molar-refractivity contribution in [1.82, 2.24) is 9.88 Å². The second kappa shape index (κ2) is 8.10. The van der Waals surface area contributed by atoms with Gasteiger partial charge in [-0.3, -0.25) is 4.79 Å². The molecular formula is C23H24N2O5. The molecule has 0 aliphatic carbocycles. The molecule has 0 radical (unpaired) electrons. The maximum atomic E-state index is 12.8. The minimum absolute atomic E-state index is 0.201. The summed E-state index contributed by atoms with van der Waals surface area (Å²) >= 11 is 0. The fourth-order valence-corrected chi connectivity index (χ4v) is 3.79. The van der Waals surface area contributed by atoms with Gasteiger partial charge in [-0.25, -0.2) is 4.79 Å². The van der Waals surface area contributed by atoms with Crippen LogP contribution in [-0.2, 0) is 22.5 Å². The predicted octanol–water partition coefficient (Wildman–Crippen LogP) is 3.32. The number of ether oxygens (including phenoxy) is 3. The second-order valence-corrected chi connectivity index (χ2v) is 7.30. The second-order valence-electron chi connectivity index (χ2n) is 7.30. The first kappa shape index (κ1) is 19.8. The van der Waals surface area contributed by atoms with Crippen LogP contribution in [0.5, 0.6) is 11.5 Å². The Labute approximate surface area is 174 Å². The van der Waals surface area contributed by atoms with Gasteiger partial charge in [-0.15, -0.1) is 0 Å². The molecule has 0 saturated carbocycles. The van der Waals surface area contributed by atoms with Crippen LogP contribution in [0.25, 0.3) is 10.9 Å². The maximum Gasteiger partial charge on any atom is 0.355 e. The van der Waals surface area contributed by atoms with Gasteiger partial charge in [-0.2, -0.15) is 0 Å². The third kappa shape index (κ3) is 3.70. The molecule has 7 heteroatoms. The van der Waals surface area contributed by atoms with Crippen LogP contribution in [0.15, 0.2) is 42.5 Å². The monoisotopic (exact) mass is 408 g/mol. The summed E-state index contributed by atoms with van der Waals surface area (Å²) in [5.74, 6) is 0.380. The Morgan fingerprint density at radius 3 is 2.57 bits per heavy atom. The molecular weight excluding hydrogens is 384 g/mol. The zero-order valence-corrected chi connectivity index (χ0v) is 17.2. The van der Waals surface area contributed by atoms with E-state index in [1.54, 1.807) is 44.2 Å². The molecule has 30 heavy (non-hydrogen) atoms. The number of benzene rings is 2. The van der Waals surface area contributed by atoms with Crippen LogP contribution >= 0.6 is 0 Å². The van der Waals surface area contributed by atoms with E-state index in [1.807, 2.05) is 18.2 Å². The summed E-state index contributed by atoms with van der Waals surface area (Å²) in [6.45, 7) is 2.74. The van der Waals surface area contributed by atoms with Gasteiger partial charge < -0.3 is 24.1 Å². The number of hydrogen-bond donors (Lipinski definition) is 1. The van der Waals surface area contributed by atoms with Gasteiger partial charge >= 0.3 is 5.97 Å². The molecule has 2 heterocycles. The number of nitrogens with one attached hydrogen (secondary N) is 1. The number of amides is 1. The van der Waals surface area contributed by atoms with Gasteiger partial charge in [0, 0.05) is 24.5 Å². The molecule has 1 aliphatic heterocycles. The average molecular weight is 408 g/mol. The van der Waals surface area contributed by atoms with Crippen LogP contribution in [0.1, 0.15) is 28.5 Å². The van der Waals surface area contributed by atoms with Crippen LogP contribution in [0.2, 0.25) is 0 Å². The average Bonchev–Trinajstić information content (AvgIpc) is 3.21. The van der Waals surface area contributed by atoms with E-state index in [0.717, 1.165) is 17.4 Å². The standard InChI is InChI=1S/C23H24N2O5/c1-14(22(26)25-9-8-15-6-4-5-7-16(15)13-25)30-23(27)19-11-17-10-18(28-2)12-20(29-3)21(17)24-19/h4-7,10-12,14,24H,8-9,13H2,1-3H3. The van der Waals surface area contributed by atoms with Crippen molar-refractivity contribution in [1.29, 1.82) is 0 Å². The topological polar surface area (TPSA) is 80.9 Å². The van der Waals surface area contributed by atoms with E-state index in [2.05, 4.69) is 11.1 Å². The number of hydrogen-bond acceptors (Lipinski definition) is 5. The van der Waals surface area contributed by atoms with Gasteiger partial charge in [0.1, 0.15) is 17.2 Å². The molecule has 0 saturated heterocycles. The van der Waals surface area contributed by atoms with Gasteiger partial charge in [-0.1, -0.05) is 24.3 Å². The van der Waals surface area contributed by atoms with E-state index in [1.165, 1.54) is 5.56 Å². The molecule has 3 aromatic rings. The van der Waals surface area contributed by atoms with Crippen molar-refractivity contribution < 1.29 is 23.8 Å². The Balaban J connectivity index is 1.47. The highest BCUT2D eigenvalue weighted by Gasteiger charge is 2.27. The summed E-state index contributed by atoms with van der Waals surface area (Å²) in [4.78, 5) is 30.3. The number of esters is 1. The summed E-state index contributed by atoms with van der Waals surface area (Å²) in [6, 6.07) is 13.3.